The van der Waals surface area contributed by atoms with Gasteiger partial charge in [0.25, 0.3) is 0 Å². The van der Waals surface area contributed by atoms with Gasteiger partial charge in [0.05, 0.1) is 20.3 Å². The van der Waals surface area contributed by atoms with Crippen LogP contribution in [0.2, 0.25) is 0 Å². The number of nitrogens with one attached hydrogen (secondary N) is 1. The first kappa shape index (κ1) is 16.8. The van der Waals surface area contributed by atoms with Crippen LogP contribution >= 0.6 is 0 Å². The van der Waals surface area contributed by atoms with Gasteiger partial charge in [-0.2, -0.15) is 0 Å². The van der Waals surface area contributed by atoms with Crippen LogP contribution < -0.4 is 14.8 Å². The number of methoxy groups -OCH3 is 2. The third-order valence-corrected chi connectivity index (χ3v) is 4.03. The number of anilines is 1. The van der Waals surface area contributed by atoms with Gasteiger partial charge in [0.15, 0.2) is 0 Å². The fraction of sp³-hybridized carbons (Fsp3) is 0.190. The number of aromatic nitrogens is 1. The summed E-state index contributed by atoms with van der Waals surface area (Å²) in [6.45, 7) is 1.98. The number of benzene rings is 2. The quantitative estimate of drug-likeness (QED) is 0.715. The molecule has 3 rings (SSSR count). The average molecular weight is 334 g/mol. The highest BCUT2D eigenvalue weighted by Gasteiger charge is 2.16. The van der Waals surface area contributed by atoms with Crippen LogP contribution in [-0.2, 0) is 0 Å². The predicted molar refractivity (Wildman–Crippen MR) is 100 cm³/mol. The lowest BCUT2D eigenvalue weighted by Crippen LogP contribution is -2.13. The molecule has 0 aliphatic heterocycles. The van der Waals surface area contributed by atoms with E-state index >= 15 is 0 Å². The molecule has 3 aromatic rings. The maximum atomic E-state index is 5.39. The molecule has 0 saturated carbocycles. The Morgan fingerprint density at radius 3 is 1.88 bits per heavy atom. The molecule has 0 bridgehead atoms. The molecule has 0 fully saturated rings. The van der Waals surface area contributed by atoms with Gasteiger partial charge >= 0.3 is 0 Å². The SMILES string of the molecule is COc1cccc(C(Nc2cccc(C)n2)c2cccc(OC)c2)c1. The van der Waals surface area contributed by atoms with E-state index in [2.05, 4.69) is 22.4 Å². The largest absolute Gasteiger partial charge is 0.497 e. The molecule has 1 N–H and O–H groups in total. The molecular formula is C21H22N2O2. The molecule has 0 aliphatic carbocycles. The van der Waals surface area contributed by atoms with E-state index in [1.165, 1.54) is 0 Å². The van der Waals surface area contributed by atoms with E-state index in [4.69, 9.17) is 9.47 Å². The van der Waals surface area contributed by atoms with Gasteiger partial charge in [0.1, 0.15) is 17.3 Å². The van der Waals surface area contributed by atoms with Crippen LogP contribution in [0.1, 0.15) is 22.9 Å². The number of pyridine rings is 1. The third-order valence-electron chi connectivity index (χ3n) is 4.03. The molecule has 128 valence electrons. The van der Waals surface area contributed by atoms with Crippen molar-refractivity contribution >= 4 is 5.82 Å². The smallest absolute Gasteiger partial charge is 0.126 e. The van der Waals surface area contributed by atoms with Crippen LogP contribution in [0.4, 0.5) is 5.82 Å². The Kier molecular flexibility index (Phi) is 5.19. The molecule has 0 radical (unpaired) electrons. The number of ether oxygens (including phenoxy) is 2. The van der Waals surface area contributed by atoms with Gasteiger partial charge < -0.3 is 14.8 Å². The number of nitrogens with zero attached hydrogens (tertiary/aromatic N) is 1. The fourth-order valence-corrected chi connectivity index (χ4v) is 2.77. The van der Waals surface area contributed by atoms with E-state index in [1.54, 1.807) is 14.2 Å². The summed E-state index contributed by atoms with van der Waals surface area (Å²) in [5.41, 5.74) is 3.16. The number of hydrogen-bond donors (Lipinski definition) is 1. The van der Waals surface area contributed by atoms with E-state index in [9.17, 15) is 0 Å². The zero-order valence-electron chi connectivity index (χ0n) is 14.7. The van der Waals surface area contributed by atoms with Gasteiger partial charge in [-0.25, -0.2) is 4.98 Å². The fourth-order valence-electron chi connectivity index (χ4n) is 2.77. The standard InChI is InChI=1S/C21H22N2O2/c1-15-7-4-12-20(22-15)23-21(16-8-5-10-18(13-16)24-2)17-9-6-11-19(14-17)25-3/h4-14,21H,1-3H3,(H,22,23). The molecule has 1 heterocycles. The Labute approximate surface area is 148 Å². The van der Waals surface area contributed by atoms with Crippen molar-refractivity contribution in [2.45, 2.75) is 13.0 Å². The number of hydrogen-bond acceptors (Lipinski definition) is 4. The third kappa shape index (κ3) is 4.10. The summed E-state index contributed by atoms with van der Waals surface area (Å²) < 4.78 is 10.8. The maximum absolute atomic E-state index is 5.39. The highest BCUT2D eigenvalue weighted by atomic mass is 16.5. The Morgan fingerprint density at radius 2 is 1.36 bits per heavy atom. The molecule has 0 atom stereocenters. The van der Waals surface area contributed by atoms with Gasteiger partial charge in [-0.15, -0.1) is 0 Å². The predicted octanol–water partition coefficient (Wildman–Crippen LogP) is 4.61. The van der Waals surface area contributed by atoms with E-state index in [-0.39, 0.29) is 6.04 Å². The Bertz CT molecular complexity index is 801. The maximum Gasteiger partial charge on any atom is 0.126 e. The topological polar surface area (TPSA) is 43.4 Å². The lowest BCUT2D eigenvalue weighted by Gasteiger charge is -2.21. The van der Waals surface area contributed by atoms with E-state index in [1.807, 2.05) is 61.5 Å². The molecule has 0 unspecified atom stereocenters. The summed E-state index contributed by atoms with van der Waals surface area (Å²) in [6.07, 6.45) is 0. The molecule has 1 aromatic heterocycles. The van der Waals surface area contributed by atoms with Crippen molar-refractivity contribution in [3.05, 3.63) is 83.6 Å². The Hall–Kier alpha value is -3.01. The molecule has 0 spiro atoms. The highest BCUT2D eigenvalue weighted by Crippen LogP contribution is 2.30. The van der Waals surface area contributed by atoms with E-state index in [0.29, 0.717) is 0 Å². The molecule has 0 saturated heterocycles. The molecule has 2 aromatic carbocycles. The van der Waals surface area contributed by atoms with Crippen LogP contribution in [0.5, 0.6) is 11.5 Å². The number of rotatable bonds is 6. The first-order valence-electron chi connectivity index (χ1n) is 8.17. The second kappa shape index (κ2) is 7.71. The van der Waals surface area contributed by atoms with E-state index < -0.39 is 0 Å². The van der Waals surface area contributed by atoms with Crippen LogP contribution in [0, 0.1) is 6.92 Å². The molecule has 25 heavy (non-hydrogen) atoms. The Balaban J connectivity index is 2.03. The lowest BCUT2D eigenvalue weighted by atomic mass is 9.98. The van der Waals surface area contributed by atoms with Crippen molar-refractivity contribution in [3.8, 4) is 11.5 Å². The zero-order valence-corrected chi connectivity index (χ0v) is 14.7. The molecule has 0 aliphatic rings. The molecule has 4 heteroatoms. The van der Waals surface area contributed by atoms with Crippen LogP contribution in [0.3, 0.4) is 0 Å². The Morgan fingerprint density at radius 1 is 0.800 bits per heavy atom. The summed E-state index contributed by atoms with van der Waals surface area (Å²) in [5.74, 6) is 2.48. The first-order valence-corrected chi connectivity index (χ1v) is 8.17. The van der Waals surface area contributed by atoms with Crippen LogP contribution in [-0.4, -0.2) is 19.2 Å². The van der Waals surface area contributed by atoms with Crippen molar-refractivity contribution < 1.29 is 9.47 Å². The summed E-state index contributed by atoms with van der Waals surface area (Å²) >= 11 is 0. The van der Waals surface area contributed by atoms with Crippen molar-refractivity contribution in [1.29, 1.82) is 0 Å². The lowest BCUT2D eigenvalue weighted by molar-refractivity contribution is 0.413. The van der Waals surface area contributed by atoms with Gasteiger partial charge in [-0.3, -0.25) is 0 Å². The van der Waals surface area contributed by atoms with Crippen molar-refractivity contribution in [2.75, 3.05) is 19.5 Å². The van der Waals surface area contributed by atoms with Gasteiger partial charge in [-0.1, -0.05) is 30.3 Å². The summed E-state index contributed by atoms with van der Waals surface area (Å²) in [4.78, 5) is 4.58. The summed E-state index contributed by atoms with van der Waals surface area (Å²) in [6, 6.07) is 22.0. The molecule has 0 amide bonds. The highest BCUT2D eigenvalue weighted by molar-refractivity contribution is 5.47. The first-order chi connectivity index (χ1) is 12.2. The minimum atomic E-state index is -0.0699. The summed E-state index contributed by atoms with van der Waals surface area (Å²) in [7, 11) is 3.35. The average Bonchev–Trinajstić information content (AvgIpc) is 2.66. The summed E-state index contributed by atoms with van der Waals surface area (Å²) in [5, 5.41) is 3.53. The van der Waals surface area contributed by atoms with Crippen LogP contribution in [0.15, 0.2) is 66.7 Å². The van der Waals surface area contributed by atoms with Crippen molar-refractivity contribution in [1.82, 2.24) is 4.98 Å². The monoisotopic (exact) mass is 334 g/mol. The zero-order chi connectivity index (χ0) is 17.6. The van der Waals surface area contributed by atoms with Crippen molar-refractivity contribution in [2.24, 2.45) is 0 Å². The van der Waals surface area contributed by atoms with Crippen LogP contribution in [0.25, 0.3) is 0 Å². The van der Waals surface area contributed by atoms with Crippen molar-refractivity contribution in [3.63, 3.8) is 0 Å². The molecular weight excluding hydrogens is 312 g/mol. The number of aryl methyl sites for hydroxylation is 1. The normalized spacial score (nSPS) is 10.6. The molecule has 4 nitrogen and oxygen atoms in total. The minimum Gasteiger partial charge on any atom is -0.497 e. The van der Waals surface area contributed by atoms with E-state index in [0.717, 1.165) is 34.1 Å². The van der Waals surface area contributed by atoms with Gasteiger partial charge in [-0.05, 0) is 54.4 Å². The van der Waals surface area contributed by atoms with Gasteiger partial charge in [0, 0.05) is 5.69 Å². The second-order valence-electron chi connectivity index (χ2n) is 5.79. The van der Waals surface area contributed by atoms with Gasteiger partial charge in [0.2, 0.25) is 0 Å². The second-order valence-corrected chi connectivity index (χ2v) is 5.79. The minimum absolute atomic E-state index is 0.0699.